The van der Waals surface area contributed by atoms with Gasteiger partial charge in [-0.25, -0.2) is 0 Å². The fraction of sp³-hybridized carbons (Fsp3) is 0.273. The third-order valence-electron chi connectivity index (χ3n) is 2.26. The number of benzene rings is 1. The maximum atomic E-state index is 12.9. The molecular formula is C11H8F2O5. The van der Waals surface area contributed by atoms with Crippen LogP contribution in [0, 0.1) is 0 Å². The van der Waals surface area contributed by atoms with Crippen molar-refractivity contribution in [2.24, 2.45) is 0 Å². The molecule has 0 spiro atoms. The summed E-state index contributed by atoms with van der Waals surface area (Å²) in [7, 11) is 1.12. The van der Waals surface area contributed by atoms with Crippen molar-refractivity contribution in [2.45, 2.75) is 12.7 Å². The second kappa shape index (κ2) is 4.25. The van der Waals surface area contributed by atoms with E-state index in [1.165, 1.54) is 18.2 Å². The topological polar surface area (TPSA) is 61.8 Å². The van der Waals surface area contributed by atoms with Crippen molar-refractivity contribution in [1.82, 2.24) is 0 Å². The Bertz CT molecular complexity index is 512. The average molecular weight is 258 g/mol. The quantitative estimate of drug-likeness (QED) is 0.469. The van der Waals surface area contributed by atoms with Crippen LogP contribution in [0.2, 0.25) is 0 Å². The van der Waals surface area contributed by atoms with Gasteiger partial charge < -0.3 is 14.2 Å². The number of alkyl halides is 2. The standard InChI is InChI=1S/C11H8F2O5/c1-16-9(15)5-7(14)6-3-2-4-8-10(6)18-11(12,13)17-8/h2-4H,5H2,1H3. The fourth-order valence-corrected chi connectivity index (χ4v) is 1.49. The molecule has 0 amide bonds. The van der Waals surface area contributed by atoms with Gasteiger partial charge in [0.15, 0.2) is 17.3 Å². The molecule has 1 aliphatic rings. The van der Waals surface area contributed by atoms with Crippen LogP contribution in [-0.4, -0.2) is 25.2 Å². The number of para-hydroxylation sites is 1. The molecule has 1 aromatic carbocycles. The van der Waals surface area contributed by atoms with Crippen molar-refractivity contribution in [1.29, 1.82) is 0 Å². The van der Waals surface area contributed by atoms with E-state index in [4.69, 9.17) is 0 Å². The lowest BCUT2D eigenvalue weighted by atomic mass is 10.1. The van der Waals surface area contributed by atoms with Gasteiger partial charge in [0, 0.05) is 0 Å². The van der Waals surface area contributed by atoms with Crippen LogP contribution in [0.4, 0.5) is 8.78 Å². The van der Waals surface area contributed by atoms with Gasteiger partial charge in [-0.1, -0.05) is 6.07 Å². The number of rotatable bonds is 3. The molecule has 1 heterocycles. The molecule has 7 heteroatoms. The van der Waals surface area contributed by atoms with Gasteiger partial charge in [0.25, 0.3) is 0 Å². The van der Waals surface area contributed by atoms with Crippen LogP contribution in [0.25, 0.3) is 0 Å². The van der Waals surface area contributed by atoms with Crippen molar-refractivity contribution >= 4 is 11.8 Å². The van der Waals surface area contributed by atoms with Crippen molar-refractivity contribution in [2.75, 3.05) is 7.11 Å². The lowest BCUT2D eigenvalue weighted by molar-refractivity contribution is -0.286. The zero-order valence-electron chi connectivity index (χ0n) is 9.24. The van der Waals surface area contributed by atoms with E-state index in [0.717, 1.165) is 7.11 Å². The normalized spacial score (nSPS) is 15.3. The van der Waals surface area contributed by atoms with Gasteiger partial charge in [-0.15, -0.1) is 8.78 Å². The maximum Gasteiger partial charge on any atom is 0.586 e. The second-order valence-corrected chi connectivity index (χ2v) is 3.48. The molecule has 1 aromatic rings. The minimum absolute atomic E-state index is 0.143. The predicted molar refractivity (Wildman–Crippen MR) is 53.6 cm³/mol. The summed E-state index contributed by atoms with van der Waals surface area (Å²) in [5, 5.41) is 0. The van der Waals surface area contributed by atoms with E-state index in [0.29, 0.717) is 0 Å². The van der Waals surface area contributed by atoms with E-state index in [1.807, 2.05) is 0 Å². The summed E-state index contributed by atoms with van der Waals surface area (Å²) in [5.41, 5.74) is -0.143. The minimum Gasteiger partial charge on any atom is -0.469 e. The molecule has 5 nitrogen and oxygen atoms in total. The number of ketones is 1. The molecule has 0 aromatic heterocycles. The number of hydrogen-bond acceptors (Lipinski definition) is 5. The SMILES string of the molecule is COC(=O)CC(=O)c1cccc2c1OC(F)(F)O2. The van der Waals surface area contributed by atoms with Gasteiger partial charge in [-0.05, 0) is 12.1 Å². The molecule has 0 radical (unpaired) electrons. The zero-order chi connectivity index (χ0) is 13.3. The molecule has 0 saturated heterocycles. The van der Waals surface area contributed by atoms with Crippen molar-refractivity contribution < 1.29 is 32.6 Å². The summed E-state index contributed by atoms with van der Waals surface area (Å²) in [6, 6.07) is 3.87. The summed E-state index contributed by atoms with van der Waals surface area (Å²) in [6.07, 6.45) is -4.36. The summed E-state index contributed by atoms with van der Waals surface area (Å²) >= 11 is 0. The lowest BCUT2D eigenvalue weighted by Crippen LogP contribution is -2.26. The fourth-order valence-electron chi connectivity index (χ4n) is 1.49. The van der Waals surface area contributed by atoms with Crippen LogP contribution in [0.3, 0.4) is 0 Å². The van der Waals surface area contributed by atoms with E-state index < -0.39 is 24.5 Å². The number of ether oxygens (including phenoxy) is 3. The Labute approximate surface area is 100 Å². The number of halogens is 2. The first kappa shape index (κ1) is 12.3. The van der Waals surface area contributed by atoms with Gasteiger partial charge in [-0.3, -0.25) is 9.59 Å². The minimum atomic E-state index is -3.80. The van der Waals surface area contributed by atoms with Crippen molar-refractivity contribution in [3.8, 4) is 11.5 Å². The Hall–Kier alpha value is -2.18. The Morgan fingerprint density at radius 2 is 2.06 bits per heavy atom. The predicted octanol–water partition coefficient (Wildman–Crippen LogP) is 1.75. The van der Waals surface area contributed by atoms with Gasteiger partial charge in [-0.2, -0.15) is 0 Å². The number of carbonyl (C=O) groups excluding carboxylic acids is 2. The highest BCUT2D eigenvalue weighted by Gasteiger charge is 2.45. The molecule has 1 aliphatic heterocycles. The van der Waals surface area contributed by atoms with E-state index in [1.54, 1.807) is 0 Å². The first-order valence-electron chi connectivity index (χ1n) is 4.92. The summed E-state index contributed by atoms with van der Waals surface area (Å²) < 4.78 is 38.5. The highest BCUT2D eigenvalue weighted by atomic mass is 19.3. The Kier molecular flexibility index (Phi) is 2.90. The van der Waals surface area contributed by atoms with Gasteiger partial charge in [0.2, 0.25) is 0 Å². The van der Waals surface area contributed by atoms with Crippen molar-refractivity contribution in [3.63, 3.8) is 0 Å². The first-order chi connectivity index (χ1) is 8.43. The number of fused-ring (bicyclic) bond motifs is 1. The van der Waals surface area contributed by atoms with E-state index in [2.05, 4.69) is 14.2 Å². The molecule has 0 fully saturated rings. The largest absolute Gasteiger partial charge is 0.586 e. The Morgan fingerprint density at radius 3 is 2.72 bits per heavy atom. The van der Waals surface area contributed by atoms with Crippen molar-refractivity contribution in [3.05, 3.63) is 23.8 Å². The molecule has 0 N–H and O–H groups in total. The molecule has 0 atom stereocenters. The Balaban J connectivity index is 2.29. The molecule has 0 bridgehead atoms. The lowest BCUT2D eigenvalue weighted by Gasteiger charge is -2.06. The summed E-state index contributed by atoms with van der Waals surface area (Å²) in [5.74, 6) is -2.05. The van der Waals surface area contributed by atoms with Crippen LogP contribution in [-0.2, 0) is 9.53 Å². The molecule has 2 rings (SSSR count). The highest BCUT2D eigenvalue weighted by molar-refractivity contribution is 6.08. The second-order valence-electron chi connectivity index (χ2n) is 3.48. The molecule has 0 unspecified atom stereocenters. The van der Waals surface area contributed by atoms with Gasteiger partial charge >= 0.3 is 12.3 Å². The van der Waals surface area contributed by atoms with Crippen LogP contribution < -0.4 is 9.47 Å². The molecule has 96 valence electrons. The first-order valence-corrected chi connectivity index (χ1v) is 4.92. The summed E-state index contributed by atoms with van der Waals surface area (Å²) in [6.45, 7) is 0. The monoisotopic (exact) mass is 258 g/mol. The van der Waals surface area contributed by atoms with Gasteiger partial charge in [0.1, 0.15) is 6.42 Å². The average Bonchev–Trinajstić information content (AvgIpc) is 2.61. The highest BCUT2D eigenvalue weighted by Crippen LogP contribution is 2.43. The molecule has 0 saturated carbocycles. The summed E-state index contributed by atoms with van der Waals surface area (Å²) in [4.78, 5) is 22.7. The number of Topliss-reactive ketones (excluding diaryl/α,β-unsaturated/α-hetero) is 1. The maximum absolute atomic E-state index is 12.9. The van der Waals surface area contributed by atoms with Crippen LogP contribution in [0.5, 0.6) is 11.5 Å². The van der Waals surface area contributed by atoms with Crippen LogP contribution in [0.1, 0.15) is 16.8 Å². The van der Waals surface area contributed by atoms with Crippen LogP contribution in [0.15, 0.2) is 18.2 Å². The number of esters is 1. The third kappa shape index (κ3) is 2.24. The third-order valence-corrected chi connectivity index (χ3v) is 2.26. The van der Waals surface area contributed by atoms with Crippen LogP contribution >= 0.6 is 0 Å². The molecular weight excluding hydrogens is 250 g/mol. The Morgan fingerprint density at radius 1 is 1.33 bits per heavy atom. The molecule has 0 aliphatic carbocycles. The van der Waals surface area contributed by atoms with Gasteiger partial charge in [0.05, 0.1) is 12.7 Å². The van der Waals surface area contributed by atoms with E-state index >= 15 is 0 Å². The zero-order valence-corrected chi connectivity index (χ0v) is 9.24. The smallest absolute Gasteiger partial charge is 0.469 e. The number of carbonyl (C=O) groups is 2. The number of methoxy groups -OCH3 is 1. The number of hydrogen-bond donors (Lipinski definition) is 0. The van der Waals surface area contributed by atoms with E-state index in [9.17, 15) is 18.4 Å². The van der Waals surface area contributed by atoms with E-state index in [-0.39, 0.29) is 17.1 Å². The molecule has 18 heavy (non-hydrogen) atoms.